The largest absolute Gasteiger partial charge is 0.271 e. The van der Waals surface area contributed by atoms with Gasteiger partial charge < -0.3 is 0 Å². The van der Waals surface area contributed by atoms with Gasteiger partial charge in [0.05, 0.1) is 6.04 Å². The Kier molecular flexibility index (Phi) is 3.04. The maximum absolute atomic E-state index is 5.66. The molecule has 2 aromatic rings. The summed E-state index contributed by atoms with van der Waals surface area (Å²) in [4.78, 5) is 8.57. The van der Waals surface area contributed by atoms with E-state index in [-0.39, 0.29) is 6.04 Å². The first kappa shape index (κ1) is 11.3. The molecule has 1 saturated carbocycles. The van der Waals surface area contributed by atoms with Crippen LogP contribution in [0, 0.1) is 5.92 Å². The van der Waals surface area contributed by atoms with Gasteiger partial charge in [-0.05, 0) is 29.9 Å². The number of nitrogens with one attached hydrogen (secondary N) is 1. The van der Waals surface area contributed by atoms with Gasteiger partial charge in [0.1, 0.15) is 5.82 Å². The highest BCUT2D eigenvalue weighted by molar-refractivity contribution is 5.27. The monoisotopic (exact) mass is 240 g/mol. The van der Waals surface area contributed by atoms with Crippen molar-refractivity contribution in [2.45, 2.75) is 18.4 Å². The molecule has 3 unspecified atom stereocenters. The first-order valence-electron chi connectivity index (χ1n) is 6.18. The minimum absolute atomic E-state index is 0.0383. The molecule has 4 heteroatoms. The second kappa shape index (κ2) is 4.84. The van der Waals surface area contributed by atoms with Gasteiger partial charge in [-0.3, -0.25) is 5.84 Å². The zero-order valence-electron chi connectivity index (χ0n) is 10.0. The Morgan fingerprint density at radius 1 is 1.11 bits per heavy atom. The lowest BCUT2D eigenvalue weighted by atomic mass is 10.1. The van der Waals surface area contributed by atoms with E-state index in [4.69, 9.17) is 5.84 Å². The third-order valence-electron chi connectivity index (χ3n) is 3.54. The minimum Gasteiger partial charge on any atom is -0.271 e. The van der Waals surface area contributed by atoms with Crippen molar-refractivity contribution in [1.29, 1.82) is 0 Å². The smallest absolute Gasteiger partial charge is 0.146 e. The van der Waals surface area contributed by atoms with E-state index in [2.05, 4.69) is 39.7 Å². The van der Waals surface area contributed by atoms with Crippen molar-refractivity contribution in [3.05, 3.63) is 60.2 Å². The Balaban J connectivity index is 1.77. The van der Waals surface area contributed by atoms with Crippen LogP contribution in [0.3, 0.4) is 0 Å². The highest BCUT2D eigenvalue weighted by atomic mass is 15.3. The maximum atomic E-state index is 5.66. The van der Waals surface area contributed by atoms with Crippen molar-refractivity contribution < 1.29 is 0 Å². The summed E-state index contributed by atoms with van der Waals surface area (Å²) in [5.41, 5.74) is 4.23. The van der Waals surface area contributed by atoms with E-state index in [0.717, 1.165) is 12.2 Å². The van der Waals surface area contributed by atoms with Crippen molar-refractivity contribution in [2.75, 3.05) is 0 Å². The summed E-state index contributed by atoms with van der Waals surface area (Å²) in [6.07, 6.45) is 4.65. The average Bonchev–Trinajstić information content (AvgIpc) is 3.22. The number of nitrogens with two attached hydrogens (primary N) is 1. The summed E-state index contributed by atoms with van der Waals surface area (Å²) in [6, 6.07) is 12.4. The quantitative estimate of drug-likeness (QED) is 0.631. The SMILES string of the molecule is NNC(c1ncccn1)C1CC1c1ccccc1. The van der Waals surface area contributed by atoms with Gasteiger partial charge in [0.2, 0.25) is 0 Å². The molecule has 3 atom stereocenters. The Hall–Kier alpha value is -1.78. The van der Waals surface area contributed by atoms with E-state index in [9.17, 15) is 0 Å². The lowest BCUT2D eigenvalue weighted by molar-refractivity contribution is 0.463. The van der Waals surface area contributed by atoms with E-state index in [1.165, 1.54) is 5.56 Å². The third kappa shape index (κ3) is 2.12. The minimum atomic E-state index is 0.0383. The molecule has 1 aromatic heterocycles. The molecule has 0 bridgehead atoms. The van der Waals surface area contributed by atoms with Crippen molar-refractivity contribution in [2.24, 2.45) is 11.8 Å². The van der Waals surface area contributed by atoms with Gasteiger partial charge in [0.15, 0.2) is 0 Å². The molecule has 0 saturated heterocycles. The lowest BCUT2D eigenvalue weighted by Crippen LogP contribution is -2.31. The van der Waals surface area contributed by atoms with E-state index >= 15 is 0 Å². The van der Waals surface area contributed by atoms with Crippen molar-refractivity contribution >= 4 is 0 Å². The molecule has 3 rings (SSSR count). The molecule has 1 aromatic carbocycles. The summed E-state index contributed by atoms with van der Waals surface area (Å²) in [7, 11) is 0. The molecule has 92 valence electrons. The standard InChI is InChI=1S/C14H16N4/c15-18-13(14-16-7-4-8-17-14)12-9-11(12)10-5-2-1-3-6-10/h1-8,11-13,18H,9,15H2. The fourth-order valence-electron chi connectivity index (χ4n) is 2.53. The number of hydrazine groups is 1. The van der Waals surface area contributed by atoms with Crippen molar-refractivity contribution in [3.8, 4) is 0 Å². The van der Waals surface area contributed by atoms with Crippen LogP contribution in [0.4, 0.5) is 0 Å². The van der Waals surface area contributed by atoms with E-state index < -0.39 is 0 Å². The molecule has 18 heavy (non-hydrogen) atoms. The number of hydrogen-bond donors (Lipinski definition) is 2. The number of rotatable bonds is 4. The highest BCUT2D eigenvalue weighted by Crippen LogP contribution is 2.53. The van der Waals surface area contributed by atoms with Crippen molar-refractivity contribution in [1.82, 2.24) is 15.4 Å². The Morgan fingerprint density at radius 3 is 2.50 bits per heavy atom. The number of benzene rings is 1. The van der Waals surface area contributed by atoms with Crippen LogP contribution >= 0.6 is 0 Å². The molecule has 3 N–H and O–H groups in total. The summed E-state index contributed by atoms with van der Waals surface area (Å²) in [5.74, 6) is 7.49. The molecule has 1 aliphatic rings. The fourth-order valence-corrected chi connectivity index (χ4v) is 2.53. The van der Waals surface area contributed by atoms with Gasteiger partial charge in [-0.15, -0.1) is 0 Å². The zero-order chi connectivity index (χ0) is 12.4. The van der Waals surface area contributed by atoms with Gasteiger partial charge in [-0.25, -0.2) is 15.4 Å². The summed E-state index contributed by atoms with van der Waals surface area (Å²) in [5, 5.41) is 0. The van der Waals surface area contributed by atoms with Crippen LogP contribution in [0.1, 0.15) is 29.8 Å². The van der Waals surface area contributed by atoms with Gasteiger partial charge in [-0.1, -0.05) is 30.3 Å². The molecule has 0 radical (unpaired) electrons. The first-order valence-corrected chi connectivity index (χ1v) is 6.18. The second-order valence-corrected chi connectivity index (χ2v) is 4.67. The van der Waals surface area contributed by atoms with Crippen molar-refractivity contribution in [3.63, 3.8) is 0 Å². The third-order valence-corrected chi connectivity index (χ3v) is 3.54. The molecule has 0 amide bonds. The maximum Gasteiger partial charge on any atom is 0.146 e. The number of aromatic nitrogens is 2. The molecular weight excluding hydrogens is 224 g/mol. The van der Waals surface area contributed by atoms with Gasteiger partial charge in [0.25, 0.3) is 0 Å². The van der Waals surface area contributed by atoms with Crippen LogP contribution in [-0.4, -0.2) is 9.97 Å². The van der Waals surface area contributed by atoms with Gasteiger partial charge in [0, 0.05) is 12.4 Å². The van der Waals surface area contributed by atoms with E-state index in [1.54, 1.807) is 12.4 Å². The van der Waals surface area contributed by atoms with Crippen LogP contribution in [0.15, 0.2) is 48.8 Å². The zero-order valence-corrected chi connectivity index (χ0v) is 10.0. The van der Waals surface area contributed by atoms with Crippen LogP contribution in [0.2, 0.25) is 0 Å². The first-order chi connectivity index (χ1) is 8.90. The molecule has 1 fully saturated rings. The van der Waals surface area contributed by atoms with Crippen LogP contribution in [0.5, 0.6) is 0 Å². The number of nitrogens with zero attached hydrogens (tertiary/aromatic N) is 2. The summed E-state index contributed by atoms with van der Waals surface area (Å²) >= 11 is 0. The predicted molar refractivity (Wildman–Crippen MR) is 69.4 cm³/mol. The molecule has 0 aliphatic heterocycles. The fraction of sp³-hybridized carbons (Fsp3) is 0.286. The number of hydrogen-bond acceptors (Lipinski definition) is 4. The molecule has 4 nitrogen and oxygen atoms in total. The summed E-state index contributed by atoms with van der Waals surface area (Å²) < 4.78 is 0. The topological polar surface area (TPSA) is 63.8 Å². The molecular formula is C14H16N4. The van der Waals surface area contributed by atoms with Crippen LogP contribution < -0.4 is 11.3 Å². The summed E-state index contributed by atoms with van der Waals surface area (Å²) in [6.45, 7) is 0. The van der Waals surface area contributed by atoms with E-state index in [0.29, 0.717) is 11.8 Å². The van der Waals surface area contributed by atoms with Crippen LogP contribution in [-0.2, 0) is 0 Å². The average molecular weight is 240 g/mol. The Bertz CT molecular complexity index is 500. The van der Waals surface area contributed by atoms with E-state index in [1.807, 2.05) is 12.1 Å². The molecule has 1 heterocycles. The predicted octanol–water partition coefficient (Wildman–Crippen LogP) is 1.78. The Morgan fingerprint density at radius 2 is 1.83 bits per heavy atom. The van der Waals surface area contributed by atoms with Gasteiger partial charge >= 0.3 is 0 Å². The normalized spacial score (nSPS) is 23.6. The molecule has 0 spiro atoms. The van der Waals surface area contributed by atoms with Gasteiger partial charge in [-0.2, -0.15) is 0 Å². The highest BCUT2D eigenvalue weighted by Gasteiger charge is 2.45. The second-order valence-electron chi connectivity index (χ2n) is 4.67. The Labute approximate surface area is 106 Å². The van der Waals surface area contributed by atoms with Crippen LogP contribution in [0.25, 0.3) is 0 Å². The molecule has 1 aliphatic carbocycles. The lowest BCUT2D eigenvalue weighted by Gasteiger charge is -2.14.